The van der Waals surface area contributed by atoms with Crippen molar-refractivity contribution < 1.29 is 9.53 Å². The highest BCUT2D eigenvalue weighted by Crippen LogP contribution is 2.25. The van der Waals surface area contributed by atoms with Crippen molar-refractivity contribution >= 4 is 12.1 Å². The van der Waals surface area contributed by atoms with Crippen LogP contribution in [0.4, 0.5) is 5.82 Å². The second-order valence-electron chi connectivity index (χ2n) is 5.57. The fourth-order valence-electron chi connectivity index (χ4n) is 2.84. The van der Waals surface area contributed by atoms with E-state index in [0.717, 1.165) is 36.3 Å². The van der Waals surface area contributed by atoms with Crippen molar-refractivity contribution in [3.8, 4) is 5.75 Å². The number of anilines is 1. The number of ether oxygens (including phenoxy) is 1. The number of hydrogen-bond acceptors (Lipinski definition) is 4. The molecule has 0 unspecified atom stereocenters. The van der Waals surface area contributed by atoms with E-state index in [-0.39, 0.29) is 0 Å². The van der Waals surface area contributed by atoms with Gasteiger partial charge in [0.25, 0.3) is 0 Å². The Bertz CT molecular complexity index is 664. The zero-order chi connectivity index (χ0) is 15.4. The molecule has 1 aliphatic heterocycles. The number of nitrogens with zero attached hydrogens (tertiary/aromatic N) is 2. The van der Waals surface area contributed by atoms with Crippen molar-refractivity contribution in [2.75, 3.05) is 18.0 Å². The second kappa shape index (κ2) is 6.60. The summed E-state index contributed by atoms with van der Waals surface area (Å²) in [4.78, 5) is 18.0. The van der Waals surface area contributed by atoms with Gasteiger partial charge in [-0.25, -0.2) is 4.98 Å². The van der Waals surface area contributed by atoms with Crippen LogP contribution in [-0.2, 0) is 6.61 Å². The quantitative estimate of drug-likeness (QED) is 0.793. The van der Waals surface area contributed by atoms with Crippen LogP contribution in [0.5, 0.6) is 5.75 Å². The lowest BCUT2D eigenvalue weighted by Crippen LogP contribution is -2.21. The number of pyridine rings is 1. The largest absolute Gasteiger partial charge is 0.488 e. The first-order valence-corrected chi connectivity index (χ1v) is 7.66. The Labute approximate surface area is 130 Å². The molecule has 1 aromatic carbocycles. The van der Waals surface area contributed by atoms with Gasteiger partial charge in [-0.1, -0.05) is 18.2 Å². The molecule has 1 aliphatic rings. The Hall–Kier alpha value is -2.36. The summed E-state index contributed by atoms with van der Waals surface area (Å²) in [6.07, 6.45) is 5.10. The summed E-state index contributed by atoms with van der Waals surface area (Å²) < 4.78 is 5.90. The van der Waals surface area contributed by atoms with Crippen molar-refractivity contribution in [2.45, 2.75) is 26.4 Å². The third-order valence-electron chi connectivity index (χ3n) is 4.06. The van der Waals surface area contributed by atoms with Gasteiger partial charge in [0, 0.05) is 24.8 Å². The third-order valence-corrected chi connectivity index (χ3v) is 4.06. The standard InChI is InChI=1S/C18H20N2O2/c1-14-6-4-8-17(16(14)12-21)22-13-15-7-5-9-19-18(15)20-10-2-3-11-20/h4-9,12H,2-3,10-11,13H2,1H3. The lowest BCUT2D eigenvalue weighted by Gasteiger charge is -2.20. The summed E-state index contributed by atoms with van der Waals surface area (Å²) >= 11 is 0. The molecule has 0 spiro atoms. The van der Waals surface area contributed by atoms with Crippen LogP contribution >= 0.6 is 0 Å². The summed E-state index contributed by atoms with van der Waals surface area (Å²) in [5.74, 6) is 1.63. The molecule has 1 saturated heterocycles. The Morgan fingerprint density at radius 1 is 1.23 bits per heavy atom. The van der Waals surface area contributed by atoms with Crippen LogP contribution in [-0.4, -0.2) is 24.4 Å². The minimum absolute atomic E-state index is 0.421. The molecule has 0 bridgehead atoms. The summed E-state index contributed by atoms with van der Waals surface area (Å²) in [7, 11) is 0. The maximum absolute atomic E-state index is 11.2. The Kier molecular flexibility index (Phi) is 4.37. The Morgan fingerprint density at radius 3 is 2.82 bits per heavy atom. The van der Waals surface area contributed by atoms with Crippen LogP contribution in [0.25, 0.3) is 0 Å². The normalized spacial score (nSPS) is 14.1. The highest BCUT2D eigenvalue weighted by atomic mass is 16.5. The van der Waals surface area contributed by atoms with Crippen molar-refractivity contribution in [3.05, 3.63) is 53.2 Å². The summed E-state index contributed by atoms with van der Waals surface area (Å²) in [5.41, 5.74) is 2.61. The van der Waals surface area contributed by atoms with E-state index < -0.39 is 0 Å². The van der Waals surface area contributed by atoms with E-state index in [2.05, 4.69) is 9.88 Å². The molecule has 0 saturated carbocycles. The molecule has 2 aromatic rings. The van der Waals surface area contributed by atoms with Crippen LogP contribution in [0.15, 0.2) is 36.5 Å². The van der Waals surface area contributed by atoms with Gasteiger partial charge in [0.2, 0.25) is 0 Å². The van der Waals surface area contributed by atoms with Gasteiger partial charge < -0.3 is 9.64 Å². The van der Waals surface area contributed by atoms with E-state index in [1.807, 2.05) is 43.5 Å². The molecule has 0 radical (unpaired) electrons. The molecule has 22 heavy (non-hydrogen) atoms. The molecule has 0 N–H and O–H groups in total. The highest BCUT2D eigenvalue weighted by Gasteiger charge is 2.17. The van der Waals surface area contributed by atoms with Gasteiger partial charge in [-0.15, -0.1) is 0 Å². The fourth-order valence-corrected chi connectivity index (χ4v) is 2.84. The van der Waals surface area contributed by atoms with Crippen LogP contribution in [0, 0.1) is 6.92 Å². The lowest BCUT2D eigenvalue weighted by atomic mass is 10.1. The minimum atomic E-state index is 0.421. The number of carbonyl (C=O) groups excluding carboxylic acids is 1. The van der Waals surface area contributed by atoms with Gasteiger partial charge in [-0.2, -0.15) is 0 Å². The Balaban J connectivity index is 1.80. The van der Waals surface area contributed by atoms with E-state index >= 15 is 0 Å². The van der Waals surface area contributed by atoms with Crippen LogP contribution in [0.3, 0.4) is 0 Å². The SMILES string of the molecule is Cc1cccc(OCc2cccnc2N2CCCC2)c1C=O. The maximum Gasteiger partial charge on any atom is 0.154 e. The first-order chi connectivity index (χ1) is 10.8. The number of benzene rings is 1. The molecule has 114 valence electrons. The van der Waals surface area contributed by atoms with E-state index in [1.54, 1.807) is 0 Å². The summed E-state index contributed by atoms with van der Waals surface area (Å²) in [6, 6.07) is 9.62. The van der Waals surface area contributed by atoms with Gasteiger partial charge in [0.1, 0.15) is 18.2 Å². The van der Waals surface area contributed by atoms with Crippen molar-refractivity contribution in [3.63, 3.8) is 0 Å². The van der Waals surface area contributed by atoms with Crippen LogP contribution in [0.2, 0.25) is 0 Å². The first kappa shape index (κ1) is 14.6. The average Bonchev–Trinajstić information content (AvgIpc) is 3.07. The molecule has 2 heterocycles. The number of aryl methyl sites for hydroxylation is 1. The van der Waals surface area contributed by atoms with Crippen molar-refractivity contribution in [1.29, 1.82) is 0 Å². The van der Waals surface area contributed by atoms with Gasteiger partial charge in [0.15, 0.2) is 6.29 Å². The predicted octanol–water partition coefficient (Wildman–Crippen LogP) is 3.38. The van der Waals surface area contributed by atoms with Crippen LogP contribution in [0.1, 0.15) is 34.3 Å². The topological polar surface area (TPSA) is 42.4 Å². The van der Waals surface area contributed by atoms with Crippen LogP contribution < -0.4 is 9.64 Å². The summed E-state index contributed by atoms with van der Waals surface area (Å²) in [5, 5.41) is 0. The molecular weight excluding hydrogens is 276 g/mol. The number of rotatable bonds is 5. The zero-order valence-corrected chi connectivity index (χ0v) is 12.8. The average molecular weight is 296 g/mol. The smallest absolute Gasteiger partial charge is 0.154 e. The van der Waals surface area contributed by atoms with E-state index in [1.165, 1.54) is 12.8 Å². The molecule has 1 aromatic heterocycles. The van der Waals surface area contributed by atoms with Gasteiger partial charge in [-0.3, -0.25) is 4.79 Å². The lowest BCUT2D eigenvalue weighted by molar-refractivity contribution is 0.111. The highest BCUT2D eigenvalue weighted by molar-refractivity contribution is 5.81. The molecule has 0 atom stereocenters. The molecule has 4 heteroatoms. The fraction of sp³-hybridized carbons (Fsp3) is 0.333. The number of aldehydes is 1. The maximum atomic E-state index is 11.2. The molecule has 0 aliphatic carbocycles. The van der Waals surface area contributed by atoms with Gasteiger partial charge in [-0.05, 0) is 37.5 Å². The predicted molar refractivity (Wildman–Crippen MR) is 86.6 cm³/mol. The molecule has 4 nitrogen and oxygen atoms in total. The number of carbonyl (C=O) groups is 1. The third kappa shape index (κ3) is 2.96. The zero-order valence-electron chi connectivity index (χ0n) is 12.8. The van der Waals surface area contributed by atoms with E-state index in [0.29, 0.717) is 17.9 Å². The van der Waals surface area contributed by atoms with E-state index in [9.17, 15) is 4.79 Å². The van der Waals surface area contributed by atoms with Crippen molar-refractivity contribution in [2.24, 2.45) is 0 Å². The number of hydrogen-bond donors (Lipinski definition) is 0. The van der Waals surface area contributed by atoms with Crippen molar-refractivity contribution in [1.82, 2.24) is 4.98 Å². The van der Waals surface area contributed by atoms with Gasteiger partial charge in [0.05, 0.1) is 5.56 Å². The molecule has 3 rings (SSSR count). The molecular formula is C18H20N2O2. The second-order valence-corrected chi connectivity index (χ2v) is 5.57. The number of aromatic nitrogens is 1. The monoisotopic (exact) mass is 296 g/mol. The minimum Gasteiger partial charge on any atom is -0.488 e. The first-order valence-electron chi connectivity index (χ1n) is 7.66. The van der Waals surface area contributed by atoms with Gasteiger partial charge >= 0.3 is 0 Å². The molecule has 1 fully saturated rings. The summed E-state index contributed by atoms with van der Waals surface area (Å²) in [6.45, 7) is 4.43. The molecule has 0 amide bonds. The van der Waals surface area contributed by atoms with E-state index in [4.69, 9.17) is 4.74 Å². The Morgan fingerprint density at radius 2 is 2.05 bits per heavy atom.